The van der Waals surface area contributed by atoms with E-state index in [1.165, 1.54) is 11.8 Å². The van der Waals surface area contributed by atoms with Crippen LogP contribution in [0.25, 0.3) is 21.8 Å². The van der Waals surface area contributed by atoms with Gasteiger partial charge in [0.1, 0.15) is 29.0 Å². The van der Waals surface area contributed by atoms with E-state index in [0.717, 1.165) is 38.5 Å². The van der Waals surface area contributed by atoms with Crippen molar-refractivity contribution >= 4 is 45.3 Å². The molecule has 12 nitrogen and oxygen atoms in total. The maximum atomic E-state index is 11.9. The van der Waals surface area contributed by atoms with E-state index in [0.29, 0.717) is 12.4 Å². The number of H-pyrrole nitrogens is 1. The van der Waals surface area contributed by atoms with Crippen LogP contribution in [0.4, 0.5) is 0 Å². The lowest BCUT2D eigenvalue weighted by atomic mass is 10.1. The second-order valence-corrected chi connectivity index (χ2v) is 10.9. The summed E-state index contributed by atoms with van der Waals surface area (Å²) in [5.41, 5.74) is 6.96. The first-order chi connectivity index (χ1) is 23.7. The molecule has 4 heterocycles. The van der Waals surface area contributed by atoms with Gasteiger partial charge in [0.25, 0.3) is 0 Å². The number of aromatic amines is 1. The number of hydrogen-bond acceptors (Lipinski definition) is 10. The van der Waals surface area contributed by atoms with Gasteiger partial charge >= 0.3 is 11.9 Å². The lowest BCUT2D eigenvalue weighted by Crippen LogP contribution is -2.05. The zero-order valence-electron chi connectivity index (χ0n) is 27.4. The number of nitriles is 2. The van der Waals surface area contributed by atoms with E-state index in [1.54, 1.807) is 30.8 Å². The van der Waals surface area contributed by atoms with Crippen LogP contribution in [0, 0.1) is 36.5 Å². The summed E-state index contributed by atoms with van der Waals surface area (Å²) < 4.78 is 11.2. The van der Waals surface area contributed by atoms with Gasteiger partial charge in [-0.15, -0.1) is 11.6 Å². The summed E-state index contributed by atoms with van der Waals surface area (Å²) in [6, 6.07) is 20.0. The summed E-state index contributed by atoms with van der Waals surface area (Å²) in [4.78, 5) is 31.6. The van der Waals surface area contributed by atoms with Crippen LogP contribution in [-0.4, -0.2) is 55.1 Å². The van der Waals surface area contributed by atoms with Crippen LogP contribution in [0.15, 0.2) is 73.3 Å². The number of alkyl halides is 1. The number of benzene rings is 2. The van der Waals surface area contributed by atoms with Crippen molar-refractivity contribution in [2.75, 3.05) is 13.2 Å². The average molecular weight is 677 g/mol. The number of ether oxygens (including phenoxy) is 2. The van der Waals surface area contributed by atoms with E-state index in [2.05, 4.69) is 48.2 Å². The molecule has 0 atom stereocenters. The number of aryl methyl sites for hydroxylation is 2. The standard InChI is InChI=1S/C18H16N4O2.C11H10ClN.C7H7N3O2/c1-3-24-18(23)15-11-22(21-17(15)8-19)10-13-4-5-16-14(7-13)6-12(2)9-20-16;1-8-4-10-5-9(6-12)2-3-11(10)13-7-8;1-2-12-7(11)5-4-9-10-6(5)3-8/h4-7,9,11H,3,10H2,1-2H3;2-5,7H,6H2,1H3;4H,2H2,1H3,(H,9,10). The second kappa shape index (κ2) is 17.2. The van der Waals surface area contributed by atoms with Crippen LogP contribution < -0.4 is 0 Å². The Kier molecular flexibility index (Phi) is 12.5. The van der Waals surface area contributed by atoms with Crippen molar-refractivity contribution in [1.29, 1.82) is 10.5 Å². The quantitative estimate of drug-likeness (QED) is 0.144. The van der Waals surface area contributed by atoms with E-state index in [-0.39, 0.29) is 35.7 Å². The first kappa shape index (κ1) is 35.7. The van der Waals surface area contributed by atoms with Gasteiger partial charge in [-0.2, -0.15) is 20.7 Å². The molecule has 0 fully saturated rings. The van der Waals surface area contributed by atoms with Crippen molar-refractivity contribution in [2.24, 2.45) is 0 Å². The molecule has 0 unspecified atom stereocenters. The normalized spacial score (nSPS) is 10.2. The molecule has 13 heteroatoms. The summed E-state index contributed by atoms with van der Waals surface area (Å²) in [5, 5.41) is 29.9. The highest BCUT2D eigenvalue weighted by Gasteiger charge is 2.17. The number of pyridine rings is 2. The Morgan fingerprint density at radius 1 is 0.816 bits per heavy atom. The molecule has 0 saturated heterocycles. The first-order valence-electron chi connectivity index (χ1n) is 15.2. The monoisotopic (exact) mass is 676 g/mol. The number of rotatable bonds is 7. The Labute approximate surface area is 287 Å². The molecule has 0 saturated carbocycles. The molecular weight excluding hydrogens is 644 g/mol. The third kappa shape index (κ3) is 9.47. The number of aromatic nitrogens is 6. The van der Waals surface area contributed by atoms with Gasteiger partial charge in [0, 0.05) is 35.2 Å². The van der Waals surface area contributed by atoms with Crippen LogP contribution >= 0.6 is 11.6 Å². The molecule has 1 N–H and O–H groups in total. The number of carbonyl (C=O) groups is 2. The van der Waals surface area contributed by atoms with Gasteiger partial charge in [0.05, 0.1) is 37.0 Å². The number of nitrogens with one attached hydrogen (secondary N) is 1. The van der Waals surface area contributed by atoms with Crippen LogP contribution in [0.3, 0.4) is 0 Å². The molecule has 0 aliphatic rings. The van der Waals surface area contributed by atoms with E-state index in [1.807, 2.05) is 62.6 Å². The van der Waals surface area contributed by atoms with Crippen LogP contribution in [-0.2, 0) is 21.9 Å². The molecule has 0 spiro atoms. The molecule has 49 heavy (non-hydrogen) atoms. The molecule has 2 aromatic carbocycles. The van der Waals surface area contributed by atoms with Crippen molar-refractivity contribution < 1.29 is 19.1 Å². The Balaban J connectivity index is 0.000000182. The minimum Gasteiger partial charge on any atom is -0.462 e. The topological polar surface area (TPSA) is 172 Å². The average Bonchev–Trinajstić information content (AvgIpc) is 3.76. The molecule has 0 aliphatic heterocycles. The van der Waals surface area contributed by atoms with Crippen LogP contribution in [0.1, 0.15) is 68.2 Å². The van der Waals surface area contributed by atoms with Crippen molar-refractivity contribution in [3.63, 3.8) is 0 Å². The molecule has 248 valence electrons. The summed E-state index contributed by atoms with van der Waals surface area (Å²) in [6.45, 7) is 8.46. The van der Waals surface area contributed by atoms with Gasteiger partial charge in [-0.05, 0) is 86.3 Å². The third-order valence-corrected chi connectivity index (χ3v) is 7.18. The minimum atomic E-state index is -0.529. The molecule has 4 aromatic heterocycles. The van der Waals surface area contributed by atoms with Gasteiger partial charge < -0.3 is 9.47 Å². The predicted octanol–water partition coefficient (Wildman–Crippen LogP) is 6.58. The van der Waals surface area contributed by atoms with Crippen molar-refractivity contribution in [1.82, 2.24) is 29.9 Å². The maximum absolute atomic E-state index is 11.9. The SMILES string of the molecule is CCOC(=O)c1cn(Cc2ccc3ncc(C)cc3c2)nc1C#N.CCOC(=O)c1cn[nH]c1C#N.Cc1cnc2ccc(CCl)cc2c1. The third-order valence-electron chi connectivity index (χ3n) is 6.87. The van der Waals surface area contributed by atoms with Crippen LogP contribution in [0.2, 0.25) is 0 Å². The Hall–Kier alpha value is -6.11. The molecule has 0 bridgehead atoms. The highest BCUT2D eigenvalue weighted by atomic mass is 35.5. The molecule has 6 rings (SSSR count). The fourth-order valence-electron chi connectivity index (χ4n) is 4.63. The van der Waals surface area contributed by atoms with E-state index in [9.17, 15) is 9.59 Å². The fraction of sp³-hybridized carbons (Fsp3) is 0.222. The first-order valence-corrected chi connectivity index (χ1v) is 15.7. The van der Waals surface area contributed by atoms with Crippen LogP contribution in [0.5, 0.6) is 0 Å². The number of hydrogen-bond donors (Lipinski definition) is 1. The van der Waals surface area contributed by atoms with E-state index in [4.69, 9.17) is 26.9 Å². The minimum absolute atomic E-state index is 0.0757. The van der Waals surface area contributed by atoms with Gasteiger partial charge in [-0.1, -0.05) is 12.1 Å². The molecule has 0 aliphatic carbocycles. The Morgan fingerprint density at radius 3 is 1.94 bits per heavy atom. The molecule has 6 aromatic rings. The van der Waals surface area contributed by atoms with Crippen molar-refractivity contribution in [3.8, 4) is 12.1 Å². The van der Waals surface area contributed by atoms with Crippen molar-refractivity contribution in [2.45, 2.75) is 40.1 Å². The largest absolute Gasteiger partial charge is 0.462 e. The fourth-order valence-corrected chi connectivity index (χ4v) is 4.80. The molecule has 0 radical (unpaired) electrons. The predicted molar refractivity (Wildman–Crippen MR) is 184 cm³/mol. The zero-order valence-corrected chi connectivity index (χ0v) is 28.2. The number of esters is 2. The van der Waals surface area contributed by atoms with Gasteiger partial charge in [0.2, 0.25) is 0 Å². The molecular formula is C36H33ClN8O4. The van der Waals surface area contributed by atoms with E-state index >= 15 is 0 Å². The summed E-state index contributed by atoms with van der Waals surface area (Å²) >= 11 is 5.75. The Morgan fingerprint density at radius 2 is 1.39 bits per heavy atom. The highest BCUT2D eigenvalue weighted by Crippen LogP contribution is 2.18. The Bertz CT molecular complexity index is 2180. The zero-order chi connectivity index (χ0) is 35.3. The van der Waals surface area contributed by atoms with E-state index < -0.39 is 11.9 Å². The number of nitrogens with zero attached hydrogens (tertiary/aromatic N) is 7. The van der Waals surface area contributed by atoms with Crippen molar-refractivity contribution in [3.05, 3.63) is 118 Å². The lowest BCUT2D eigenvalue weighted by Gasteiger charge is -2.04. The highest BCUT2D eigenvalue weighted by molar-refractivity contribution is 6.17. The summed E-state index contributed by atoms with van der Waals surface area (Å²) in [6.07, 6.45) is 6.54. The molecule has 0 amide bonds. The number of halogens is 1. The smallest absolute Gasteiger partial charge is 0.342 e. The second-order valence-electron chi connectivity index (χ2n) is 10.6. The number of fused-ring (bicyclic) bond motifs is 2. The van der Waals surface area contributed by atoms with Gasteiger partial charge in [-0.3, -0.25) is 19.7 Å². The lowest BCUT2D eigenvalue weighted by molar-refractivity contribution is 0.0516. The maximum Gasteiger partial charge on any atom is 0.342 e. The van der Waals surface area contributed by atoms with Gasteiger partial charge in [0.15, 0.2) is 5.69 Å². The van der Waals surface area contributed by atoms with Gasteiger partial charge in [-0.25, -0.2) is 9.59 Å². The summed E-state index contributed by atoms with van der Waals surface area (Å²) in [7, 11) is 0. The number of carbonyl (C=O) groups excluding carboxylic acids is 2. The summed E-state index contributed by atoms with van der Waals surface area (Å²) in [5.74, 6) is -0.495.